The van der Waals surface area contributed by atoms with Gasteiger partial charge in [0, 0.05) is 18.0 Å². The van der Waals surface area contributed by atoms with Crippen molar-refractivity contribution in [3.8, 4) is 5.75 Å². The van der Waals surface area contributed by atoms with Gasteiger partial charge >= 0.3 is 0 Å². The molecule has 2 atom stereocenters. The van der Waals surface area contributed by atoms with E-state index in [1.165, 1.54) is 12.1 Å². The van der Waals surface area contributed by atoms with E-state index in [9.17, 15) is 9.50 Å². The van der Waals surface area contributed by atoms with E-state index in [-0.39, 0.29) is 18.3 Å². The lowest BCUT2D eigenvalue weighted by atomic mass is 9.88. The van der Waals surface area contributed by atoms with Crippen molar-refractivity contribution < 1.29 is 14.2 Å². The summed E-state index contributed by atoms with van der Waals surface area (Å²) in [5, 5.41) is 10.5. The molecule has 0 spiro atoms. The maximum atomic E-state index is 12.9. The van der Waals surface area contributed by atoms with Crippen LogP contribution < -0.4 is 10.5 Å². The number of methoxy groups -OCH3 is 1. The molecule has 0 heterocycles. The first-order valence-electron chi connectivity index (χ1n) is 6.44. The van der Waals surface area contributed by atoms with Crippen LogP contribution in [-0.4, -0.2) is 18.8 Å². The molecule has 3 N–H and O–H groups in total. The van der Waals surface area contributed by atoms with E-state index in [0.717, 1.165) is 5.56 Å². The first kappa shape index (κ1) is 14.5. The number of rotatable bonds is 5. The number of nitrogens with two attached hydrogens (primary N) is 1. The first-order valence-corrected chi connectivity index (χ1v) is 6.44. The molecule has 3 nitrogen and oxygen atoms in total. The fraction of sp³-hybridized carbons (Fsp3) is 0.250. The van der Waals surface area contributed by atoms with Gasteiger partial charge in [0.25, 0.3) is 0 Å². The van der Waals surface area contributed by atoms with Gasteiger partial charge in [0.1, 0.15) is 11.6 Å². The van der Waals surface area contributed by atoms with Gasteiger partial charge in [-0.2, -0.15) is 0 Å². The number of para-hydroxylation sites is 1. The van der Waals surface area contributed by atoms with Gasteiger partial charge in [-0.1, -0.05) is 30.3 Å². The number of benzene rings is 2. The molecule has 0 aliphatic rings. The fourth-order valence-electron chi connectivity index (χ4n) is 2.29. The van der Waals surface area contributed by atoms with Crippen LogP contribution in [0.3, 0.4) is 0 Å². The van der Waals surface area contributed by atoms with Crippen LogP contribution in [0.25, 0.3) is 0 Å². The standard InChI is InChI=1S/C16H18FNO2/c1-20-15-5-3-2-4-13(15)14(10-18)16(19)11-6-8-12(17)9-7-11/h2-9,14,16,19H,10,18H2,1H3. The Labute approximate surface area is 117 Å². The van der Waals surface area contributed by atoms with Crippen LogP contribution in [0.15, 0.2) is 48.5 Å². The van der Waals surface area contributed by atoms with Crippen LogP contribution in [0.5, 0.6) is 5.75 Å². The second-order valence-corrected chi connectivity index (χ2v) is 4.58. The van der Waals surface area contributed by atoms with Gasteiger partial charge in [-0.25, -0.2) is 4.39 Å². The average molecular weight is 275 g/mol. The Balaban J connectivity index is 2.34. The lowest BCUT2D eigenvalue weighted by molar-refractivity contribution is 0.146. The second-order valence-electron chi connectivity index (χ2n) is 4.58. The molecule has 0 bridgehead atoms. The minimum absolute atomic E-state index is 0.263. The van der Waals surface area contributed by atoms with Crippen molar-refractivity contribution in [1.82, 2.24) is 0 Å². The van der Waals surface area contributed by atoms with Crippen LogP contribution >= 0.6 is 0 Å². The highest BCUT2D eigenvalue weighted by molar-refractivity contribution is 5.38. The van der Waals surface area contributed by atoms with Gasteiger partial charge in [0.2, 0.25) is 0 Å². The predicted octanol–water partition coefficient (Wildman–Crippen LogP) is 2.61. The number of halogens is 1. The highest BCUT2D eigenvalue weighted by Gasteiger charge is 2.24. The Morgan fingerprint density at radius 1 is 1.15 bits per heavy atom. The molecule has 0 aliphatic carbocycles. The normalized spacial score (nSPS) is 13.8. The van der Waals surface area contributed by atoms with Gasteiger partial charge < -0.3 is 15.6 Å². The summed E-state index contributed by atoms with van der Waals surface area (Å²) in [6.07, 6.45) is -0.808. The monoisotopic (exact) mass is 275 g/mol. The fourth-order valence-corrected chi connectivity index (χ4v) is 2.29. The van der Waals surface area contributed by atoms with Crippen LogP contribution in [0, 0.1) is 5.82 Å². The minimum atomic E-state index is -0.808. The Morgan fingerprint density at radius 3 is 2.40 bits per heavy atom. The summed E-state index contributed by atoms with van der Waals surface area (Å²) in [5.41, 5.74) is 7.28. The van der Waals surface area contributed by atoms with E-state index in [1.807, 2.05) is 24.3 Å². The van der Waals surface area contributed by atoms with E-state index in [0.29, 0.717) is 11.3 Å². The van der Waals surface area contributed by atoms with E-state index < -0.39 is 6.10 Å². The van der Waals surface area contributed by atoms with Crippen molar-refractivity contribution in [2.75, 3.05) is 13.7 Å². The van der Waals surface area contributed by atoms with Gasteiger partial charge in [0.05, 0.1) is 13.2 Å². The lowest BCUT2D eigenvalue weighted by Gasteiger charge is -2.24. The number of ether oxygens (including phenoxy) is 1. The quantitative estimate of drug-likeness (QED) is 0.882. The Hall–Kier alpha value is -1.91. The summed E-state index contributed by atoms with van der Waals surface area (Å²) >= 11 is 0. The van der Waals surface area contributed by atoms with E-state index in [2.05, 4.69) is 0 Å². The van der Waals surface area contributed by atoms with Gasteiger partial charge in [-0.3, -0.25) is 0 Å². The largest absolute Gasteiger partial charge is 0.496 e. The van der Waals surface area contributed by atoms with E-state index in [1.54, 1.807) is 19.2 Å². The van der Waals surface area contributed by atoms with Crippen LogP contribution in [-0.2, 0) is 0 Å². The lowest BCUT2D eigenvalue weighted by Crippen LogP contribution is -2.20. The maximum Gasteiger partial charge on any atom is 0.123 e. The summed E-state index contributed by atoms with van der Waals surface area (Å²) in [7, 11) is 1.58. The summed E-state index contributed by atoms with van der Waals surface area (Å²) in [6.45, 7) is 0.263. The number of aliphatic hydroxyl groups is 1. The molecule has 2 rings (SSSR count). The van der Waals surface area contributed by atoms with Crippen molar-refractivity contribution in [2.24, 2.45) is 5.73 Å². The predicted molar refractivity (Wildman–Crippen MR) is 76.1 cm³/mol. The Kier molecular flexibility index (Phi) is 4.71. The highest BCUT2D eigenvalue weighted by atomic mass is 19.1. The third-order valence-corrected chi connectivity index (χ3v) is 3.38. The van der Waals surface area contributed by atoms with Crippen molar-refractivity contribution in [2.45, 2.75) is 12.0 Å². The third-order valence-electron chi connectivity index (χ3n) is 3.38. The smallest absolute Gasteiger partial charge is 0.123 e. The molecule has 2 aromatic rings. The summed E-state index contributed by atoms with van der Waals surface area (Å²) in [4.78, 5) is 0. The second kappa shape index (κ2) is 6.50. The molecule has 4 heteroatoms. The molecule has 0 aromatic heterocycles. The minimum Gasteiger partial charge on any atom is -0.496 e. The van der Waals surface area contributed by atoms with Gasteiger partial charge in [-0.05, 0) is 23.8 Å². The molecular formula is C16H18FNO2. The Bertz CT molecular complexity index is 557. The van der Waals surface area contributed by atoms with E-state index >= 15 is 0 Å². The average Bonchev–Trinajstić information content (AvgIpc) is 2.49. The molecule has 0 saturated heterocycles. The highest BCUT2D eigenvalue weighted by Crippen LogP contribution is 2.35. The molecule has 0 radical (unpaired) electrons. The zero-order chi connectivity index (χ0) is 14.5. The summed E-state index contributed by atoms with van der Waals surface area (Å²) in [6, 6.07) is 13.2. The topological polar surface area (TPSA) is 55.5 Å². The first-order chi connectivity index (χ1) is 9.67. The van der Waals surface area contributed by atoms with Gasteiger partial charge in [0.15, 0.2) is 0 Å². The van der Waals surface area contributed by atoms with Crippen molar-refractivity contribution in [3.05, 3.63) is 65.5 Å². The molecule has 0 amide bonds. The molecule has 20 heavy (non-hydrogen) atoms. The molecule has 0 aliphatic heterocycles. The molecule has 2 unspecified atom stereocenters. The molecule has 106 valence electrons. The zero-order valence-electron chi connectivity index (χ0n) is 11.3. The SMILES string of the molecule is COc1ccccc1C(CN)C(O)c1ccc(F)cc1. The van der Waals surface area contributed by atoms with Crippen LogP contribution in [0.4, 0.5) is 4.39 Å². The van der Waals surface area contributed by atoms with Crippen LogP contribution in [0.1, 0.15) is 23.1 Å². The van der Waals surface area contributed by atoms with Crippen LogP contribution in [0.2, 0.25) is 0 Å². The van der Waals surface area contributed by atoms with Crippen molar-refractivity contribution in [3.63, 3.8) is 0 Å². The molecule has 0 fully saturated rings. The Morgan fingerprint density at radius 2 is 1.80 bits per heavy atom. The molecule has 0 saturated carbocycles. The maximum absolute atomic E-state index is 12.9. The molecular weight excluding hydrogens is 257 g/mol. The summed E-state index contributed by atoms with van der Waals surface area (Å²) < 4.78 is 18.3. The third kappa shape index (κ3) is 2.98. The number of hydrogen-bond donors (Lipinski definition) is 2. The zero-order valence-corrected chi connectivity index (χ0v) is 11.3. The van der Waals surface area contributed by atoms with Crippen molar-refractivity contribution >= 4 is 0 Å². The van der Waals surface area contributed by atoms with E-state index in [4.69, 9.17) is 10.5 Å². The van der Waals surface area contributed by atoms with Crippen molar-refractivity contribution in [1.29, 1.82) is 0 Å². The number of hydrogen-bond acceptors (Lipinski definition) is 3. The van der Waals surface area contributed by atoms with Gasteiger partial charge in [-0.15, -0.1) is 0 Å². The molecule has 2 aromatic carbocycles. The summed E-state index contributed by atoms with van der Waals surface area (Å²) in [5.74, 6) is 0.0447. The number of aliphatic hydroxyl groups excluding tert-OH is 1.